The Hall–Kier alpha value is 0.520. The van der Waals surface area contributed by atoms with Gasteiger partial charge in [0.15, 0.2) is 0 Å². The summed E-state index contributed by atoms with van der Waals surface area (Å²) < 4.78 is 0. The Morgan fingerprint density at radius 1 is 0.826 bits per heavy atom. The maximum absolute atomic E-state index is 9.15. The lowest BCUT2D eigenvalue weighted by Crippen LogP contribution is -2.47. The summed E-state index contributed by atoms with van der Waals surface area (Å²) in [6.07, 6.45) is 16.1. The molecule has 23 heavy (non-hydrogen) atoms. The van der Waals surface area contributed by atoms with Crippen molar-refractivity contribution in [1.29, 1.82) is 0 Å². The molecule has 0 aliphatic carbocycles. The first kappa shape index (κ1) is 25.8. The average molecular weight is 370 g/mol. The zero-order valence-corrected chi connectivity index (χ0v) is 16.7. The highest BCUT2D eigenvalue weighted by Gasteiger charge is 2.23. The van der Waals surface area contributed by atoms with Crippen LogP contribution in [0.5, 0.6) is 0 Å². The van der Waals surface area contributed by atoms with Crippen LogP contribution >= 0.6 is 25.0 Å². The predicted molar refractivity (Wildman–Crippen MR) is 107 cm³/mol. The van der Waals surface area contributed by atoms with Crippen LogP contribution in [0.15, 0.2) is 0 Å². The monoisotopic (exact) mass is 369 g/mol. The van der Waals surface area contributed by atoms with Crippen molar-refractivity contribution in [3.63, 3.8) is 0 Å². The van der Waals surface area contributed by atoms with Crippen LogP contribution in [-0.4, -0.2) is 34.2 Å². The van der Waals surface area contributed by atoms with Crippen molar-refractivity contribution in [1.82, 2.24) is 0 Å². The molecular weight excluding hydrogens is 330 g/mol. The highest BCUT2D eigenvalue weighted by Crippen LogP contribution is 2.19. The zero-order chi connectivity index (χ0) is 16.7. The molecule has 4 N–H and O–H groups in total. The molecule has 3 nitrogen and oxygen atoms in total. The molecule has 0 aliphatic rings. The van der Waals surface area contributed by atoms with E-state index >= 15 is 0 Å². The second-order valence-electron chi connectivity index (χ2n) is 6.84. The predicted octanol–water partition coefficient (Wildman–Crippen LogP) is 4.48. The third kappa shape index (κ3) is 15.8. The molecule has 0 heterocycles. The Bertz CT molecular complexity index is 241. The molecule has 0 aromatic rings. The fourth-order valence-electron chi connectivity index (χ4n) is 2.67. The summed E-state index contributed by atoms with van der Waals surface area (Å²) in [5, 5.41) is 18.6. The summed E-state index contributed by atoms with van der Waals surface area (Å²) in [5.41, 5.74) is 5.03. The van der Waals surface area contributed by atoms with E-state index in [1.807, 2.05) is 0 Å². The van der Waals surface area contributed by atoms with Crippen molar-refractivity contribution in [2.24, 2.45) is 5.73 Å². The number of halogens is 1. The molecular formula is C18H40ClNO2S. The fraction of sp³-hybridized carbons (Fsp3) is 1.00. The summed E-state index contributed by atoms with van der Waals surface area (Å²) in [5.74, 6) is 0. The van der Waals surface area contributed by atoms with E-state index in [9.17, 15) is 0 Å². The van der Waals surface area contributed by atoms with E-state index in [0.29, 0.717) is 11.7 Å². The van der Waals surface area contributed by atoms with Crippen LogP contribution in [0.25, 0.3) is 0 Å². The average Bonchev–Trinajstić information content (AvgIpc) is 2.54. The van der Waals surface area contributed by atoms with Gasteiger partial charge in [-0.05, 0) is 19.3 Å². The number of aliphatic hydroxyl groups is 2. The van der Waals surface area contributed by atoms with Gasteiger partial charge in [-0.15, -0.1) is 12.4 Å². The molecule has 0 aromatic carbocycles. The molecule has 5 heteroatoms. The van der Waals surface area contributed by atoms with Crippen molar-refractivity contribution in [2.75, 3.05) is 13.2 Å². The van der Waals surface area contributed by atoms with Crippen molar-refractivity contribution in [2.45, 2.75) is 101 Å². The van der Waals surface area contributed by atoms with Crippen LogP contribution in [0.3, 0.4) is 0 Å². The smallest absolute Gasteiger partial charge is 0.0633 e. The molecule has 0 saturated heterocycles. The Kier molecular flexibility index (Phi) is 19.4. The normalized spacial score (nSPS) is 12.9. The molecule has 0 fully saturated rings. The van der Waals surface area contributed by atoms with Crippen LogP contribution < -0.4 is 5.73 Å². The van der Waals surface area contributed by atoms with Crippen molar-refractivity contribution < 1.29 is 10.2 Å². The molecule has 142 valence electrons. The number of hydrogen-bond acceptors (Lipinski definition) is 4. The molecule has 0 aromatic heterocycles. The Morgan fingerprint density at radius 2 is 1.26 bits per heavy atom. The Labute approximate surface area is 155 Å². The first-order chi connectivity index (χ1) is 10.6. The number of hydrogen-bond donors (Lipinski definition) is 4. The van der Waals surface area contributed by atoms with Crippen LogP contribution in [0.2, 0.25) is 0 Å². The van der Waals surface area contributed by atoms with Crippen LogP contribution in [0.1, 0.15) is 90.4 Å². The van der Waals surface area contributed by atoms with Crippen LogP contribution in [0.4, 0.5) is 0 Å². The minimum Gasteiger partial charge on any atom is -0.394 e. The van der Waals surface area contributed by atoms with Crippen LogP contribution in [0, 0.1) is 0 Å². The lowest BCUT2D eigenvalue weighted by Gasteiger charge is -2.25. The number of nitrogens with two attached hydrogens (primary N) is 1. The van der Waals surface area contributed by atoms with Gasteiger partial charge in [0.1, 0.15) is 0 Å². The van der Waals surface area contributed by atoms with E-state index < -0.39 is 5.54 Å². The summed E-state index contributed by atoms with van der Waals surface area (Å²) in [4.78, 5) is 0. The topological polar surface area (TPSA) is 66.5 Å². The molecule has 0 rings (SSSR count). The van der Waals surface area contributed by atoms with Gasteiger partial charge in [0.25, 0.3) is 0 Å². The summed E-state index contributed by atoms with van der Waals surface area (Å²) in [6.45, 7) is 1.93. The second-order valence-corrected chi connectivity index (χ2v) is 7.57. The zero-order valence-electron chi connectivity index (χ0n) is 15.0. The third-order valence-electron chi connectivity index (χ3n) is 4.50. The van der Waals surface area contributed by atoms with Gasteiger partial charge in [0.05, 0.1) is 18.8 Å². The number of unbranched alkanes of at least 4 members (excludes halogenated alkanes) is 9. The first-order valence-corrected chi connectivity index (χ1v) is 9.78. The van der Waals surface area contributed by atoms with Crippen molar-refractivity contribution in [3.8, 4) is 0 Å². The minimum absolute atomic E-state index is 0. The quantitative estimate of drug-likeness (QED) is 0.239. The van der Waals surface area contributed by atoms with Gasteiger partial charge in [0.2, 0.25) is 0 Å². The molecule has 0 spiro atoms. The third-order valence-corrected chi connectivity index (χ3v) is 5.01. The summed E-state index contributed by atoms with van der Waals surface area (Å²) in [6, 6.07) is 0. The minimum atomic E-state index is -0.835. The lowest BCUT2D eigenvalue weighted by atomic mass is 9.94. The van der Waals surface area contributed by atoms with E-state index in [1.165, 1.54) is 64.2 Å². The summed E-state index contributed by atoms with van der Waals surface area (Å²) in [7, 11) is 0. The van der Waals surface area contributed by atoms with E-state index in [-0.39, 0.29) is 25.6 Å². The standard InChI is InChI=1S/C18H39NO2S.ClH/c1-2-3-4-5-6-7-8-9-10-11-12-17(22)13-14-18(19,15-20)16-21;/h17,20-22H,2-16,19H2,1H3;1H. The Balaban J connectivity index is 0. The van der Waals surface area contributed by atoms with E-state index in [2.05, 4.69) is 19.6 Å². The molecule has 1 atom stereocenters. The maximum atomic E-state index is 9.15. The highest BCUT2D eigenvalue weighted by molar-refractivity contribution is 7.80. The largest absolute Gasteiger partial charge is 0.394 e. The van der Waals surface area contributed by atoms with Gasteiger partial charge in [-0.2, -0.15) is 12.6 Å². The maximum Gasteiger partial charge on any atom is 0.0633 e. The van der Waals surface area contributed by atoms with E-state index in [0.717, 1.165) is 12.8 Å². The molecule has 0 saturated carbocycles. The summed E-state index contributed by atoms with van der Waals surface area (Å²) >= 11 is 4.59. The van der Waals surface area contributed by atoms with Gasteiger partial charge >= 0.3 is 0 Å². The van der Waals surface area contributed by atoms with Gasteiger partial charge in [-0.1, -0.05) is 71.1 Å². The van der Waals surface area contributed by atoms with Gasteiger partial charge in [-0.25, -0.2) is 0 Å². The molecule has 0 aliphatic heterocycles. The van der Waals surface area contributed by atoms with E-state index in [1.54, 1.807) is 0 Å². The molecule has 0 radical (unpaired) electrons. The number of thiol groups is 1. The number of rotatable bonds is 16. The highest BCUT2D eigenvalue weighted by atomic mass is 35.5. The van der Waals surface area contributed by atoms with E-state index in [4.69, 9.17) is 15.9 Å². The van der Waals surface area contributed by atoms with Crippen molar-refractivity contribution >= 4 is 25.0 Å². The van der Waals surface area contributed by atoms with Crippen LogP contribution in [-0.2, 0) is 0 Å². The molecule has 1 unspecified atom stereocenters. The first-order valence-electron chi connectivity index (χ1n) is 9.26. The lowest BCUT2D eigenvalue weighted by molar-refractivity contribution is 0.112. The van der Waals surface area contributed by atoms with Crippen molar-refractivity contribution in [3.05, 3.63) is 0 Å². The van der Waals surface area contributed by atoms with Gasteiger partial charge < -0.3 is 15.9 Å². The second kappa shape index (κ2) is 17.3. The SMILES string of the molecule is CCCCCCCCCCCCC(S)CCC(N)(CO)CO.Cl. The molecule has 0 bridgehead atoms. The Morgan fingerprint density at radius 3 is 1.70 bits per heavy atom. The number of aliphatic hydroxyl groups excluding tert-OH is 2. The van der Waals surface area contributed by atoms with Gasteiger partial charge in [-0.3, -0.25) is 0 Å². The fourth-order valence-corrected chi connectivity index (χ4v) is 2.99. The molecule has 0 amide bonds. The van der Waals surface area contributed by atoms with Gasteiger partial charge in [0, 0.05) is 5.25 Å².